The molecule has 2 saturated carbocycles. The van der Waals surface area contributed by atoms with Gasteiger partial charge in [0, 0.05) is 17.3 Å². The fraction of sp³-hybridized carbons (Fsp3) is 0.480. The van der Waals surface area contributed by atoms with E-state index >= 15 is 0 Å². The molecule has 6 atom stereocenters. The summed E-state index contributed by atoms with van der Waals surface area (Å²) in [6.45, 7) is 4.17. The molecule has 1 amide bonds. The van der Waals surface area contributed by atoms with Gasteiger partial charge in [0.2, 0.25) is 0 Å². The van der Waals surface area contributed by atoms with Crippen LogP contribution in [0, 0.1) is 17.8 Å². The van der Waals surface area contributed by atoms with Crippen molar-refractivity contribution in [3.05, 3.63) is 65.2 Å². The van der Waals surface area contributed by atoms with E-state index in [1.54, 1.807) is 0 Å². The minimum atomic E-state index is 0.0574. The van der Waals surface area contributed by atoms with Gasteiger partial charge in [-0.15, -0.1) is 0 Å². The molecular formula is C25H30N2O. The number of carbonyl (C=O) groups is 1. The lowest BCUT2D eigenvalue weighted by molar-refractivity contribution is 0.0939. The third kappa shape index (κ3) is 2.83. The summed E-state index contributed by atoms with van der Waals surface area (Å²) in [4.78, 5) is 12.7. The topological polar surface area (TPSA) is 41.1 Å². The quantitative estimate of drug-likeness (QED) is 0.741. The van der Waals surface area contributed by atoms with Crippen molar-refractivity contribution >= 4 is 11.6 Å². The lowest BCUT2D eigenvalue weighted by atomic mass is 9.68. The molecule has 0 radical (unpaired) electrons. The van der Waals surface area contributed by atoms with E-state index in [1.807, 2.05) is 6.07 Å². The molecule has 2 N–H and O–H groups in total. The summed E-state index contributed by atoms with van der Waals surface area (Å²) in [5.74, 6) is 2.86. The Morgan fingerprint density at radius 2 is 1.93 bits per heavy atom. The second kappa shape index (κ2) is 6.95. The summed E-state index contributed by atoms with van der Waals surface area (Å²) in [5.41, 5.74) is 4.80. The number of hydrogen-bond donors (Lipinski definition) is 2. The Balaban J connectivity index is 1.52. The highest BCUT2D eigenvalue weighted by molar-refractivity contribution is 5.95. The van der Waals surface area contributed by atoms with Crippen molar-refractivity contribution in [2.45, 2.75) is 57.5 Å². The molecule has 3 aliphatic rings. The third-order valence-corrected chi connectivity index (χ3v) is 7.50. The molecule has 0 spiro atoms. The maximum absolute atomic E-state index is 12.7. The van der Waals surface area contributed by atoms with Gasteiger partial charge in [0.15, 0.2) is 0 Å². The fourth-order valence-corrected chi connectivity index (χ4v) is 6.03. The Labute approximate surface area is 167 Å². The SMILES string of the molecule is CCC(C)NC(=O)c1ccc2c(c1)C1C3CCC(C3)C1C(c1ccccc1)N2. The summed E-state index contributed by atoms with van der Waals surface area (Å²) in [6.07, 6.45) is 5.00. The van der Waals surface area contributed by atoms with Gasteiger partial charge in [0.25, 0.3) is 5.91 Å². The van der Waals surface area contributed by atoms with Gasteiger partial charge < -0.3 is 10.6 Å². The molecule has 6 unspecified atom stereocenters. The van der Waals surface area contributed by atoms with Crippen LogP contribution in [0.1, 0.15) is 73.0 Å². The van der Waals surface area contributed by atoms with Crippen LogP contribution in [0.3, 0.4) is 0 Å². The summed E-state index contributed by atoms with van der Waals surface area (Å²) >= 11 is 0. The van der Waals surface area contributed by atoms with Gasteiger partial charge >= 0.3 is 0 Å². The maximum atomic E-state index is 12.7. The highest BCUT2D eigenvalue weighted by atomic mass is 16.1. The first-order valence-electron chi connectivity index (χ1n) is 10.9. The van der Waals surface area contributed by atoms with E-state index in [9.17, 15) is 4.79 Å². The first kappa shape index (κ1) is 17.8. The van der Waals surface area contributed by atoms with Gasteiger partial charge in [-0.05, 0) is 85.6 Å². The van der Waals surface area contributed by atoms with Crippen molar-refractivity contribution in [2.24, 2.45) is 17.8 Å². The van der Waals surface area contributed by atoms with Crippen LogP contribution in [0.2, 0.25) is 0 Å². The van der Waals surface area contributed by atoms with Crippen molar-refractivity contribution < 1.29 is 4.79 Å². The van der Waals surface area contributed by atoms with Crippen LogP contribution in [0.15, 0.2) is 48.5 Å². The van der Waals surface area contributed by atoms with Crippen LogP contribution in [0.25, 0.3) is 0 Å². The highest BCUT2D eigenvalue weighted by Crippen LogP contribution is 2.63. The van der Waals surface area contributed by atoms with E-state index in [1.165, 1.54) is 36.1 Å². The van der Waals surface area contributed by atoms with E-state index in [4.69, 9.17) is 0 Å². The molecule has 1 heterocycles. The van der Waals surface area contributed by atoms with Crippen molar-refractivity contribution in [3.8, 4) is 0 Å². The zero-order valence-corrected chi connectivity index (χ0v) is 16.8. The minimum Gasteiger partial charge on any atom is -0.378 e. The molecule has 2 fully saturated rings. The average molecular weight is 375 g/mol. The van der Waals surface area contributed by atoms with E-state index < -0.39 is 0 Å². The number of carbonyl (C=O) groups excluding carboxylic acids is 1. The van der Waals surface area contributed by atoms with Gasteiger partial charge in [-0.3, -0.25) is 4.79 Å². The van der Waals surface area contributed by atoms with Gasteiger partial charge in [0.05, 0.1) is 6.04 Å². The molecule has 2 aromatic carbocycles. The molecule has 28 heavy (non-hydrogen) atoms. The van der Waals surface area contributed by atoms with Crippen LogP contribution in [0.5, 0.6) is 0 Å². The molecule has 3 nitrogen and oxygen atoms in total. The Kier molecular flexibility index (Phi) is 4.41. The first-order valence-corrected chi connectivity index (χ1v) is 10.9. The van der Waals surface area contributed by atoms with Crippen LogP contribution < -0.4 is 10.6 Å². The zero-order valence-electron chi connectivity index (χ0n) is 16.8. The lowest BCUT2D eigenvalue weighted by Crippen LogP contribution is -2.36. The maximum Gasteiger partial charge on any atom is 0.251 e. The van der Waals surface area contributed by atoms with Crippen LogP contribution in [-0.2, 0) is 0 Å². The van der Waals surface area contributed by atoms with Gasteiger partial charge in [-0.2, -0.15) is 0 Å². The van der Waals surface area contributed by atoms with Crippen LogP contribution in [0.4, 0.5) is 5.69 Å². The van der Waals surface area contributed by atoms with Crippen molar-refractivity contribution in [3.63, 3.8) is 0 Å². The predicted octanol–water partition coefficient (Wildman–Crippen LogP) is 5.51. The van der Waals surface area contributed by atoms with E-state index in [-0.39, 0.29) is 11.9 Å². The van der Waals surface area contributed by atoms with Crippen molar-refractivity contribution in [2.75, 3.05) is 5.32 Å². The Hall–Kier alpha value is -2.29. The monoisotopic (exact) mass is 374 g/mol. The Morgan fingerprint density at radius 1 is 1.14 bits per heavy atom. The lowest BCUT2D eigenvalue weighted by Gasteiger charge is -2.43. The highest BCUT2D eigenvalue weighted by Gasteiger charge is 2.53. The van der Waals surface area contributed by atoms with E-state index in [2.05, 4.69) is 66.9 Å². The van der Waals surface area contributed by atoms with Crippen LogP contribution >= 0.6 is 0 Å². The molecule has 3 heteroatoms. The number of nitrogens with one attached hydrogen (secondary N) is 2. The van der Waals surface area contributed by atoms with Gasteiger partial charge in [-0.25, -0.2) is 0 Å². The normalized spacial score (nSPS) is 30.9. The van der Waals surface area contributed by atoms with Crippen molar-refractivity contribution in [1.82, 2.24) is 5.32 Å². The third-order valence-electron chi connectivity index (χ3n) is 7.50. The Morgan fingerprint density at radius 3 is 2.71 bits per heavy atom. The second-order valence-corrected chi connectivity index (χ2v) is 9.05. The summed E-state index contributed by atoms with van der Waals surface area (Å²) in [7, 11) is 0. The van der Waals surface area contributed by atoms with E-state index in [0.29, 0.717) is 17.9 Å². The molecule has 1 aliphatic heterocycles. The standard InChI is InChI=1S/C25H30N2O/c1-3-15(2)26-25(28)19-11-12-21-20(14-19)22-17-9-10-18(13-17)23(22)24(27-21)16-7-5-4-6-8-16/h4-8,11-12,14-15,17-18,22-24,27H,3,9-10,13H2,1-2H3,(H,26,28). The first-order chi connectivity index (χ1) is 13.7. The molecule has 2 aromatic rings. The molecular weight excluding hydrogens is 344 g/mol. The molecule has 2 aliphatic carbocycles. The Bertz CT molecular complexity index is 877. The van der Waals surface area contributed by atoms with Gasteiger partial charge in [-0.1, -0.05) is 37.3 Å². The van der Waals surface area contributed by atoms with Crippen molar-refractivity contribution in [1.29, 1.82) is 0 Å². The molecule has 5 rings (SSSR count). The number of anilines is 1. The predicted molar refractivity (Wildman–Crippen MR) is 114 cm³/mol. The summed E-state index contributed by atoms with van der Waals surface area (Å²) in [6, 6.07) is 17.8. The summed E-state index contributed by atoms with van der Waals surface area (Å²) < 4.78 is 0. The average Bonchev–Trinajstić information content (AvgIpc) is 3.36. The minimum absolute atomic E-state index is 0.0574. The summed E-state index contributed by atoms with van der Waals surface area (Å²) in [5, 5.41) is 6.98. The molecule has 146 valence electrons. The smallest absolute Gasteiger partial charge is 0.251 e. The largest absolute Gasteiger partial charge is 0.378 e. The van der Waals surface area contributed by atoms with E-state index in [0.717, 1.165) is 23.8 Å². The number of benzene rings is 2. The molecule has 0 saturated heterocycles. The van der Waals surface area contributed by atoms with Crippen LogP contribution in [-0.4, -0.2) is 11.9 Å². The zero-order chi connectivity index (χ0) is 19.3. The number of fused-ring (bicyclic) bond motifs is 7. The number of hydrogen-bond acceptors (Lipinski definition) is 2. The fourth-order valence-electron chi connectivity index (χ4n) is 6.03. The second-order valence-electron chi connectivity index (χ2n) is 9.05. The molecule has 0 aromatic heterocycles. The van der Waals surface area contributed by atoms with Gasteiger partial charge in [0.1, 0.15) is 0 Å². The molecule has 2 bridgehead atoms. The number of amides is 1. The number of rotatable bonds is 4.